The molecule has 0 heterocycles. The van der Waals surface area contributed by atoms with E-state index in [-0.39, 0.29) is 5.41 Å². The van der Waals surface area contributed by atoms with Crippen molar-refractivity contribution in [2.24, 2.45) is 5.41 Å². The molecule has 0 unspecified atom stereocenters. The smallest absolute Gasteiger partial charge is 0.133 e. The van der Waals surface area contributed by atoms with E-state index >= 15 is 0 Å². The number of carbonyl (C=O) groups excluding carboxylic acids is 1. The van der Waals surface area contributed by atoms with Crippen LogP contribution in [0.25, 0.3) is 0 Å². The molecule has 0 bridgehead atoms. The molecule has 0 aliphatic rings. The summed E-state index contributed by atoms with van der Waals surface area (Å²) in [5, 5.41) is 0. The van der Waals surface area contributed by atoms with Crippen molar-refractivity contribution in [3.05, 3.63) is 71.8 Å². The Kier molecular flexibility index (Phi) is 8.16. The first-order valence-corrected chi connectivity index (χ1v) is 9.71. The summed E-state index contributed by atoms with van der Waals surface area (Å²) in [6.07, 6.45) is 6.38. The number of hydrogen-bond acceptors (Lipinski definition) is 1. The minimum Gasteiger partial charge on any atom is -0.300 e. The third-order valence-corrected chi connectivity index (χ3v) is 4.97. The topological polar surface area (TPSA) is 17.1 Å². The predicted octanol–water partition coefficient (Wildman–Crippen LogP) is 6.22. The van der Waals surface area contributed by atoms with Gasteiger partial charge in [0, 0.05) is 24.8 Å². The van der Waals surface area contributed by atoms with Gasteiger partial charge in [-0.05, 0) is 48.8 Å². The summed E-state index contributed by atoms with van der Waals surface area (Å²) in [5.41, 5.74) is 2.49. The fourth-order valence-electron chi connectivity index (χ4n) is 3.28. The molecule has 0 radical (unpaired) electrons. The first kappa shape index (κ1) is 20.0. The number of Topliss-reactive ketones (excluding diaryl/α,β-unsaturated/α-hetero) is 1. The van der Waals surface area contributed by atoms with E-state index in [1.807, 2.05) is 37.3 Å². The summed E-state index contributed by atoms with van der Waals surface area (Å²) in [5.74, 6) is 6.88. The van der Waals surface area contributed by atoms with E-state index in [2.05, 4.69) is 49.1 Å². The highest BCUT2D eigenvalue weighted by molar-refractivity contribution is 5.78. The second-order valence-corrected chi connectivity index (χ2v) is 7.39. The van der Waals surface area contributed by atoms with Gasteiger partial charge in [0.25, 0.3) is 0 Å². The molecule has 1 nitrogen and oxygen atoms in total. The van der Waals surface area contributed by atoms with Crippen LogP contribution >= 0.6 is 0 Å². The van der Waals surface area contributed by atoms with Gasteiger partial charge in [0.1, 0.15) is 5.78 Å². The van der Waals surface area contributed by atoms with Crippen molar-refractivity contribution in [3.63, 3.8) is 0 Å². The molecule has 0 fully saturated rings. The lowest BCUT2D eigenvalue weighted by Crippen LogP contribution is -2.22. The number of benzene rings is 2. The van der Waals surface area contributed by atoms with Gasteiger partial charge in [0.05, 0.1) is 0 Å². The third kappa shape index (κ3) is 7.28. The summed E-state index contributed by atoms with van der Waals surface area (Å²) in [6.45, 7) is 4.24. The highest BCUT2D eigenvalue weighted by Crippen LogP contribution is 2.34. The average molecular weight is 347 g/mol. The zero-order chi connectivity index (χ0) is 18.7. The van der Waals surface area contributed by atoms with Gasteiger partial charge in [0.15, 0.2) is 0 Å². The van der Waals surface area contributed by atoms with Crippen molar-refractivity contribution in [1.82, 2.24) is 0 Å². The van der Waals surface area contributed by atoms with Gasteiger partial charge < -0.3 is 0 Å². The Bertz CT molecular complexity index is 721. The lowest BCUT2D eigenvalue weighted by molar-refractivity contribution is -0.121. The Hall–Kier alpha value is -2.33. The molecule has 1 heteroatoms. The lowest BCUT2D eigenvalue weighted by Gasteiger charge is -2.29. The summed E-state index contributed by atoms with van der Waals surface area (Å²) in [7, 11) is 0. The Morgan fingerprint density at radius 1 is 0.962 bits per heavy atom. The second kappa shape index (κ2) is 10.6. The molecule has 0 saturated heterocycles. The minimum atomic E-state index is 0.0668. The summed E-state index contributed by atoms with van der Waals surface area (Å²) in [6, 6.07) is 20.7. The highest BCUT2D eigenvalue weighted by Gasteiger charge is 2.26. The molecule has 26 heavy (non-hydrogen) atoms. The van der Waals surface area contributed by atoms with Gasteiger partial charge in [-0.15, -0.1) is 0 Å². The van der Waals surface area contributed by atoms with Crippen LogP contribution in [0, 0.1) is 17.3 Å². The maximum Gasteiger partial charge on any atom is 0.133 e. The van der Waals surface area contributed by atoms with Gasteiger partial charge in [-0.1, -0.05) is 74.2 Å². The van der Waals surface area contributed by atoms with Crippen molar-refractivity contribution in [3.8, 4) is 11.8 Å². The quantitative estimate of drug-likeness (QED) is 0.389. The molecule has 0 N–H and O–H groups in total. The number of ketones is 1. The van der Waals surface area contributed by atoms with Crippen LogP contribution in [0.3, 0.4) is 0 Å². The number of rotatable bonds is 9. The molecule has 0 aliphatic heterocycles. The van der Waals surface area contributed by atoms with Crippen LogP contribution in [0.4, 0.5) is 0 Å². The number of hydrogen-bond donors (Lipinski definition) is 0. The molecule has 1 atom stereocenters. The zero-order valence-electron chi connectivity index (χ0n) is 16.1. The number of carbonyl (C=O) groups is 1. The first-order chi connectivity index (χ1) is 12.6. The second-order valence-electron chi connectivity index (χ2n) is 7.39. The summed E-state index contributed by atoms with van der Waals surface area (Å²) >= 11 is 0. The fraction of sp³-hybridized carbons (Fsp3) is 0.400. The van der Waals surface area contributed by atoms with Gasteiger partial charge >= 0.3 is 0 Å². The van der Waals surface area contributed by atoms with Crippen LogP contribution in [-0.2, 0) is 11.2 Å². The summed E-state index contributed by atoms with van der Waals surface area (Å²) < 4.78 is 0. The van der Waals surface area contributed by atoms with E-state index in [9.17, 15) is 4.79 Å². The van der Waals surface area contributed by atoms with E-state index < -0.39 is 0 Å². The largest absolute Gasteiger partial charge is 0.300 e. The van der Waals surface area contributed by atoms with Crippen molar-refractivity contribution in [2.75, 3.05) is 0 Å². The maximum atomic E-state index is 12.1. The third-order valence-electron chi connectivity index (χ3n) is 4.97. The van der Waals surface area contributed by atoms with E-state index in [1.54, 1.807) is 0 Å². The van der Waals surface area contributed by atoms with Crippen LogP contribution in [-0.4, -0.2) is 5.78 Å². The van der Waals surface area contributed by atoms with E-state index in [0.717, 1.165) is 37.7 Å². The average Bonchev–Trinajstić information content (AvgIpc) is 2.68. The van der Waals surface area contributed by atoms with Crippen LogP contribution in [0.5, 0.6) is 0 Å². The Balaban J connectivity index is 1.89. The van der Waals surface area contributed by atoms with Crippen LogP contribution < -0.4 is 0 Å². The normalized spacial score (nSPS) is 12.7. The van der Waals surface area contributed by atoms with Crippen molar-refractivity contribution in [2.45, 2.75) is 58.8 Å². The molecule has 0 saturated carbocycles. The Labute approximate surface area is 158 Å². The highest BCUT2D eigenvalue weighted by atomic mass is 16.1. The zero-order valence-corrected chi connectivity index (χ0v) is 16.1. The van der Waals surface area contributed by atoms with Gasteiger partial charge in [-0.2, -0.15) is 0 Å². The number of aryl methyl sites for hydroxylation is 1. The molecule has 0 amide bonds. The maximum absolute atomic E-state index is 12.1. The van der Waals surface area contributed by atoms with Crippen molar-refractivity contribution in [1.29, 1.82) is 0 Å². The standard InChI is InChI=1S/C25H30O/c1-3-24(26)21-25(2,20-18-23-16-9-5-10-17-23)19-12-6-11-15-22-13-7-4-8-14-22/h4-5,7-10,13-14,16-17H,3,6,12,18-21H2,1-2H3/t25-/m1/s1. The van der Waals surface area contributed by atoms with E-state index in [4.69, 9.17) is 0 Å². The van der Waals surface area contributed by atoms with Crippen LogP contribution in [0.2, 0.25) is 0 Å². The predicted molar refractivity (Wildman–Crippen MR) is 110 cm³/mol. The van der Waals surface area contributed by atoms with Crippen LogP contribution in [0.1, 0.15) is 63.5 Å². The van der Waals surface area contributed by atoms with E-state index in [0.29, 0.717) is 18.6 Å². The number of unbranched alkanes of at least 4 members (excludes halogenated alkanes) is 1. The molecular weight excluding hydrogens is 316 g/mol. The van der Waals surface area contributed by atoms with Crippen LogP contribution in [0.15, 0.2) is 60.7 Å². The molecule has 136 valence electrons. The lowest BCUT2D eigenvalue weighted by atomic mass is 9.75. The minimum absolute atomic E-state index is 0.0668. The van der Waals surface area contributed by atoms with Crippen molar-refractivity contribution < 1.29 is 4.79 Å². The molecule has 2 rings (SSSR count). The molecule has 0 aromatic heterocycles. The molecule has 0 aliphatic carbocycles. The van der Waals surface area contributed by atoms with E-state index in [1.165, 1.54) is 5.56 Å². The SMILES string of the molecule is CCC(=O)C[C@](C)(CCCC#Cc1ccccc1)CCc1ccccc1. The first-order valence-electron chi connectivity index (χ1n) is 9.71. The fourth-order valence-corrected chi connectivity index (χ4v) is 3.28. The Morgan fingerprint density at radius 3 is 2.27 bits per heavy atom. The van der Waals surface area contributed by atoms with Gasteiger partial charge in [0.2, 0.25) is 0 Å². The Morgan fingerprint density at radius 2 is 1.62 bits per heavy atom. The van der Waals surface area contributed by atoms with Gasteiger partial charge in [-0.3, -0.25) is 4.79 Å². The van der Waals surface area contributed by atoms with Gasteiger partial charge in [-0.25, -0.2) is 0 Å². The molecule has 2 aromatic carbocycles. The molecular formula is C25H30O. The van der Waals surface area contributed by atoms with Crippen molar-refractivity contribution >= 4 is 5.78 Å². The summed E-state index contributed by atoms with van der Waals surface area (Å²) in [4.78, 5) is 12.1. The monoisotopic (exact) mass is 346 g/mol. The molecule has 2 aromatic rings. The molecule has 0 spiro atoms.